The molecule has 1 aliphatic heterocycles. The lowest BCUT2D eigenvalue weighted by atomic mass is 9.94. The molecule has 2 aromatic rings. The highest BCUT2D eigenvalue weighted by atomic mass is 16.5. The van der Waals surface area contributed by atoms with Crippen molar-refractivity contribution in [3.05, 3.63) is 59.3 Å². The van der Waals surface area contributed by atoms with E-state index in [0.29, 0.717) is 5.92 Å². The van der Waals surface area contributed by atoms with Crippen LogP contribution in [-0.2, 0) is 17.6 Å². The molecule has 1 aromatic heterocycles. The smallest absolute Gasteiger partial charge is 0.128 e. The molecular formula is C20H26N2O. The molecule has 3 nitrogen and oxygen atoms in total. The number of hydrogen-bond donors (Lipinski definition) is 0. The predicted octanol–water partition coefficient (Wildman–Crippen LogP) is 3.83. The second-order valence-corrected chi connectivity index (χ2v) is 6.33. The molecule has 1 saturated heterocycles. The number of pyridine rings is 1. The van der Waals surface area contributed by atoms with Gasteiger partial charge >= 0.3 is 0 Å². The maximum Gasteiger partial charge on any atom is 0.128 e. The lowest BCUT2D eigenvalue weighted by Gasteiger charge is -2.28. The second kappa shape index (κ2) is 7.60. The molecule has 3 heteroatoms. The molecule has 1 unspecified atom stereocenters. The van der Waals surface area contributed by atoms with Crippen LogP contribution in [0, 0.1) is 0 Å². The second-order valence-electron chi connectivity index (χ2n) is 6.33. The monoisotopic (exact) mass is 310 g/mol. The van der Waals surface area contributed by atoms with Gasteiger partial charge in [-0.15, -0.1) is 0 Å². The number of ether oxygens (including phenoxy) is 1. The number of anilines is 1. The fourth-order valence-electron chi connectivity index (χ4n) is 3.12. The molecule has 0 bridgehead atoms. The molecule has 0 spiro atoms. The van der Waals surface area contributed by atoms with Crippen molar-refractivity contribution in [3.63, 3.8) is 0 Å². The van der Waals surface area contributed by atoms with Crippen LogP contribution < -0.4 is 4.90 Å². The molecule has 23 heavy (non-hydrogen) atoms. The Labute approximate surface area is 139 Å². The van der Waals surface area contributed by atoms with E-state index in [2.05, 4.69) is 60.1 Å². The molecule has 1 fully saturated rings. The van der Waals surface area contributed by atoms with Crippen LogP contribution >= 0.6 is 0 Å². The summed E-state index contributed by atoms with van der Waals surface area (Å²) in [6.45, 7) is 7.96. The highest BCUT2D eigenvalue weighted by Crippen LogP contribution is 2.22. The average molecular weight is 310 g/mol. The summed E-state index contributed by atoms with van der Waals surface area (Å²) in [6, 6.07) is 13.3. The van der Waals surface area contributed by atoms with Crippen molar-refractivity contribution in [1.29, 1.82) is 0 Å². The van der Waals surface area contributed by atoms with Crippen LogP contribution in [0.15, 0.2) is 42.6 Å². The van der Waals surface area contributed by atoms with Gasteiger partial charge in [0, 0.05) is 19.3 Å². The summed E-state index contributed by atoms with van der Waals surface area (Å²) in [5.74, 6) is 1.55. The first-order chi connectivity index (χ1) is 11.3. The molecule has 0 aliphatic carbocycles. The van der Waals surface area contributed by atoms with Crippen molar-refractivity contribution >= 4 is 5.82 Å². The van der Waals surface area contributed by atoms with Gasteiger partial charge in [0.25, 0.3) is 0 Å². The normalized spacial score (nSPS) is 16.3. The lowest BCUT2D eigenvalue weighted by Crippen LogP contribution is -2.36. The van der Waals surface area contributed by atoms with Gasteiger partial charge in [-0.25, -0.2) is 4.98 Å². The third-order valence-electron chi connectivity index (χ3n) is 4.62. The standard InChI is InChI=1S/C20H26N2O/c1-3-17-5-4-6-18(14-17)13-16(2)19-7-8-20(21-15-19)22-9-11-23-12-10-22/h4-8,14-16H,3,9-13H2,1-2H3. The molecule has 1 aliphatic rings. The number of morpholine rings is 1. The van der Waals surface area contributed by atoms with Gasteiger partial charge in [-0.1, -0.05) is 44.2 Å². The third-order valence-corrected chi connectivity index (χ3v) is 4.62. The first kappa shape index (κ1) is 16.0. The molecule has 1 atom stereocenters. The molecule has 3 rings (SSSR count). The first-order valence-electron chi connectivity index (χ1n) is 8.62. The van der Waals surface area contributed by atoms with E-state index in [1.165, 1.54) is 16.7 Å². The number of hydrogen-bond acceptors (Lipinski definition) is 3. The largest absolute Gasteiger partial charge is 0.378 e. The van der Waals surface area contributed by atoms with Crippen LogP contribution in [-0.4, -0.2) is 31.3 Å². The number of nitrogens with zero attached hydrogens (tertiary/aromatic N) is 2. The highest BCUT2D eigenvalue weighted by Gasteiger charge is 2.13. The quantitative estimate of drug-likeness (QED) is 0.839. The fraction of sp³-hybridized carbons (Fsp3) is 0.450. The molecule has 122 valence electrons. The van der Waals surface area contributed by atoms with Crippen molar-refractivity contribution in [2.45, 2.75) is 32.6 Å². The Morgan fingerprint density at radius 2 is 1.91 bits per heavy atom. The minimum Gasteiger partial charge on any atom is -0.378 e. The zero-order chi connectivity index (χ0) is 16.1. The van der Waals surface area contributed by atoms with Crippen molar-refractivity contribution < 1.29 is 4.74 Å². The number of aromatic nitrogens is 1. The van der Waals surface area contributed by atoms with Crippen LogP contribution in [0.25, 0.3) is 0 Å². The SMILES string of the molecule is CCc1cccc(CC(C)c2ccc(N3CCOCC3)nc2)c1. The molecular weight excluding hydrogens is 284 g/mol. The predicted molar refractivity (Wildman–Crippen MR) is 95.2 cm³/mol. The first-order valence-corrected chi connectivity index (χ1v) is 8.62. The van der Waals surface area contributed by atoms with Gasteiger partial charge in [0.2, 0.25) is 0 Å². The van der Waals surface area contributed by atoms with E-state index in [4.69, 9.17) is 4.74 Å². The highest BCUT2D eigenvalue weighted by molar-refractivity contribution is 5.40. The molecule has 2 heterocycles. The van der Waals surface area contributed by atoms with Crippen LogP contribution in [0.2, 0.25) is 0 Å². The number of rotatable bonds is 5. The van der Waals surface area contributed by atoms with Crippen LogP contribution in [0.3, 0.4) is 0 Å². The van der Waals surface area contributed by atoms with E-state index in [0.717, 1.165) is 45.0 Å². The van der Waals surface area contributed by atoms with E-state index in [1.807, 2.05) is 6.20 Å². The summed E-state index contributed by atoms with van der Waals surface area (Å²) in [5.41, 5.74) is 4.13. The zero-order valence-electron chi connectivity index (χ0n) is 14.2. The van der Waals surface area contributed by atoms with E-state index in [1.54, 1.807) is 0 Å². The average Bonchev–Trinajstić information content (AvgIpc) is 2.63. The van der Waals surface area contributed by atoms with Gasteiger partial charge in [-0.3, -0.25) is 0 Å². The Kier molecular flexibility index (Phi) is 5.29. The maximum absolute atomic E-state index is 5.40. The van der Waals surface area contributed by atoms with E-state index in [9.17, 15) is 0 Å². The molecule has 0 saturated carbocycles. The Morgan fingerprint density at radius 1 is 1.13 bits per heavy atom. The summed E-state index contributed by atoms with van der Waals surface area (Å²) in [5, 5.41) is 0. The van der Waals surface area contributed by atoms with Gasteiger partial charge in [-0.2, -0.15) is 0 Å². The summed E-state index contributed by atoms with van der Waals surface area (Å²) in [6.07, 6.45) is 4.20. The summed E-state index contributed by atoms with van der Waals surface area (Å²) in [4.78, 5) is 6.96. The summed E-state index contributed by atoms with van der Waals surface area (Å²) >= 11 is 0. The van der Waals surface area contributed by atoms with Crippen LogP contribution in [0.1, 0.15) is 36.5 Å². The van der Waals surface area contributed by atoms with Gasteiger partial charge in [0.1, 0.15) is 5.82 Å². The van der Waals surface area contributed by atoms with Gasteiger partial charge in [0.05, 0.1) is 13.2 Å². The topological polar surface area (TPSA) is 25.4 Å². The van der Waals surface area contributed by atoms with Crippen molar-refractivity contribution in [2.75, 3.05) is 31.2 Å². The zero-order valence-corrected chi connectivity index (χ0v) is 14.2. The van der Waals surface area contributed by atoms with E-state index >= 15 is 0 Å². The van der Waals surface area contributed by atoms with Crippen molar-refractivity contribution in [1.82, 2.24) is 4.98 Å². The molecule has 0 radical (unpaired) electrons. The maximum atomic E-state index is 5.40. The Balaban J connectivity index is 1.66. The Morgan fingerprint density at radius 3 is 2.61 bits per heavy atom. The lowest BCUT2D eigenvalue weighted by molar-refractivity contribution is 0.122. The van der Waals surface area contributed by atoms with Crippen LogP contribution in [0.4, 0.5) is 5.82 Å². The summed E-state index contributed by atoms with van der Waals surface area (Å²) < 4.78 is 5.40. The summed E-state index contributed by atoms with van der Waals surface area (Å²) in [7, 11) is 0. The minimum absolute atomic E-state index is 0.480. The molecule has 0 amide bonds. The Bertz CT molecular complexity index is 618. The van der Waals surface area contributed by atoms with Gasteiger partial charge < -0.3 is 9.64 Å². The van der Waals surface area contributed by atoms with Crippen molar-refractivity contribution in [2.24, 2.45) is 0 Å². The Hall–Kier alpha value is -1.87. The number of benzene rings is 1. The van der Waals surface area contributed by atoms with E-state index in [-0.39, 0.29) is 0 Å². The van der Waals surface area contributed by atoms with Gasteiger partial charge in [-0.05, 0) is 41.5 Å². The van der Waals surface area contributed by atoms with Crippen molar-refractivity contribution in [3.8, 4) is 0 Å². The fourth-order valence-corrected chi connectivity index (χ4v) is 3.12. The minimum atomic E-state index is 0.480. The van der Waals surface area contributed by atoms with E-state index < -0.39 is 0 Å². The third kappa shape index (κ3) is 4.11. The molecule has 1 aromatic carbocycles. The van der Waals surface area contributed by atoms with Gasteiger partial charge in [0.15, 0.2) is 0 Å². The van der Waals surface area contributed by atoms with Crippen LogP contribution in [0.5, 0.6) is 0 Å². The number of aryl methyl sites for hydroxylation is 1. The molecule has 0 N–H and O–H groups in total.